The van der Waals surface area contributed by atoms with E-state index in [0.29, 0.717) is 19.7 Å². The van der Waals surface area contributed by atoms with Gasteiger partial charge in [0.05, 0.1) is 17.9 Å². The van der Waals surface area contributed by atoms with Gasteiger partial charge in [-0.1, -0.05) is 0 Å². The minimum atomic E-state index is -3.38. The molecule has 2 aliphatic heterocycles. The van der Waals surface area contributed by atoms with Crippen LogP contribution in [0, 0.1) is 0 Å². The smallest absolute Gasteiger partial charge is 0.281 e. The summed E-state index contributed by atoms with van der Waals surface area (Å²) in [4.78, 5) is 2.37. The molecule has 0 aromatic carbocycles. The van der Waals surface area contributed by atoms with Crippen molar-refractivity contribution >= 4 is 10.2 Å². The lowest BCUT2D eigenvalue weighted by Gasteiger charge is -2.47. The summed E-state index contributed by atoms with van der Waals surface area (Å²) in [5.74, 6) is 0. The number of aryl methyl sites for hydroxylation is 1. The van der Waals surface area contributed by atoms with Crippen molar-refractivity contribution in [3.63, 3.8) is 0 Å². The van der Waals surface area contributed by atoms with E-state index in [0.717, 1.165) is 44.7 Å². The van der Waals surface area contributed by atoms with Crippen molar-refractivity contribution in [1.82, 2.24) is 23.3 Å². The van der Waals surface area contributed by atoms with Crippen LogP contribution in [0.3, 0.4) is 0 Å². The molecule has 0 amide bonds. The first-order chi connectivity index (χ1) is 11.8. The summed E-state index contributed by atoms with van der Waals surface area (Å²) in [6, 6.07) is 2.07. The van der Waals surface area contributed by atoms with Gasteiger partial charge in [0, 0.05) is 59.6 Å². The summed E-state index contributed by atoms with van der Waals surface area (Å²) >= 11 is 0. The lowest BCUT2D eigenvalue weighted by atomic mass is 9.90. The second-order valence-electron chi connectivity index (χ2n) is 7.09. The van der Waals surface area contributed by atoms with E-state index < -0.39 is 10.2 Å². The van der Waals surface area contributed by atoms with Crippen molar-refractivity contribution in [2.24, 2.45) is 0 Å². The molecule has 0 saturated carbocycles. The molecule has 1 aromatic rings. The van der Waals surface area contributed by atoms with Crippen LogP contribution in [0.5, 0.6) is 0 Å². The van der Waals surface area contributed by atoms with Crippen molar-refractivity contribution in [3.8, 4) is 0 Å². The third kappa shape index (κ3) is 4.06. The maximum Gasteiger partial charge on any atom is 0.281 e. The molecule has 0 radical (unpaired) electrons. The van der Waals surface area contributed by atoms with Gasteiger partial charge in [-0.25, -0.2) is 0 Å². The predicted molar refractivity (Wildman–Crippen MR) is 95.3 cm³/mol. The molecular weight excluding hydrogens is 342 g/mol. The lowest BCUT2D eigenvalue weighted by molar-refractivity contribution is -0.120. The molecule has 2 aliphatic rings. The van der Waals surface area contributed by atoms with Crippen LogP contribution in [-0.4, -0.2) is 84.2 Å². The highest BCUT2D eigenvalue weighted by molar-refractivity contribution is 7.86. The van der Waals surface area contributed by atoms with Gasteiger partial charge in [0.1, 0.15) is 0 Å². The number of likely N-dealkylation sites (tertiary alicyclic amines) is 1. The van der Waals surface area contributed by atoms with Crippen molar-refractivity contribution in [2.75, 3.05) is 46.9 Å². The standard InChI is InChI=1S/C16H29N5O3S/c1-4-20-8-5-15(17-20)13-19-9-6-16(7-10-19)14-21(11-12-24-16)25(22,23)18(2)3/h5,8H,4,6-7,9-14H2,1-3H3. The average molecular weight is 372 g/mol. The Bertz CT molecular complexity index is 680. The third-order valence-electron chi connectivity index (χ3n) is 5.17. The van der Waals surface area contributed by atoms with E-state index in [4.69, 9.17) is 4.74 Å². The van der Waals surface area contributed by atoms with Gasteiger partial charge in [-0.15, -0.1) is 0 Å². The molecule has 8 nitrogen and oxygen atoms in total. The molecule has 0 bridgehead atoms. The summed E-state index contributed by atoms with van der Waals surface area (Å²) in [5.41, 5.74) is 0.736. The van der Waals surface area contributed by atoms with Crippen LogP contribution in [-0.2, 0) is 28.0 Å². The van der Waals surface area contributed by atoms with E-state index >= 15 is 0 Å². The van der Waals surface area contributed by atoms with Gasteiger partial charge >= 0.3 is 0 Å². The first-order valence-electron chi connectivity index (χ1n) is 8.91. The molecule has 3 heterocycles. The fourth-order valence-electron chi connectivity index (χ4n) is 3.55. The largest absolute Gasteiger partial charge is 0.372 e. The van der Waals surface area contributed by atoms with Crippen molar-refractivity contribution < 1.29 is 13.2 Å². The second-order valence-corrected chi connectivity index (χ2v) is 9.24. The van der Waals surface area contributed by atoms with Crippen molar-refractivity contribution in [1.29, 1.82) is 0 Å². The summed E-state index contributed by atoms with van der Waals surface area (Å²) in [6.07, 6.45) is 3.71. The number of morpholine rings is 1. The molecule has 142 valence electrons. The zero-order valence-corrected chi connectivity index (χ0v) is 16.2. The lowest BCUT2D eigenvalue weighted by Crippen LogP contribution is -2.59. The van der Waals surface area contributed by atoms with Crippen LogP contribution < -0.4 is 0 Å². The SMILES string of the molecule is CCn1ccc(CN2CCC3(CC2)CN(S(=O)(=O)N(C)C)CCO3)n1. The van der Waals surface area contributed by atoms with Crippen LogP contribution in [0.1, 0.15) is 25.5 Å². The van der Waals surface area contributed by atoms with Crippen LogP contribution in [0.15, 0.2) is 12.3 Å². The van der Waals surface area contributed by atoms with E-state index in [1.807, 2.05) is 10.9 Å². The fourth-order valence-corrected chi connectivity index (χ4v) is 4.72. The Morgan fingerprint density at radius 1 is 1.28 bits per heavy atom. The topological polar surface area (TPSA) is 70.9 Å². The summed E-state index contributed by atoms with van der Waals surface area (Å²) < 4.78 is 35.7. The first kappa shape index (κ1) is 18.8. The number of hydrogen-bond donors (Lipinski definition) is 0. The maximum atomic E-state index is 12.4. The molecular formula is C16H29N5O3S. The van der Waals surface area contributed by atoms with Gasteiger partial charge in [0.15, 0.2) is 0 Å². The molecule has 2 saturated heterocycles. The highest BCUT2D eigenvalue weighted by Crippen LogP contribution is 2.31. The van der Waals surface area contributed by atoms with E-state index in [-0.39, 0.29) is 5.60 Å². The monoisotopic (exact) mass is 371 g/mol. The average Bonchev–Trinajstić information content (AvgIpc) is 3.05. The molecule has 25 heavy (non-hydrogen) atoms. The maximum absolute atomic E-state index is 12.4. The molecule has 0 N–H and O–H groups in total. The normalized spacial score (nSPS) is 22.7. The minimum Gasteiger partial charge on any atom is -0.372 e. The quantitative estimate of drug-likeness (QED) is 0.748. The number of aromatic nitrogens is 2. The van der Waals surface area contributed by atoms with Crippen molar-refractivity contribution in [2.45, 2.75) is 38.5 Å². The van der Waals surface area contributed by atoms with Crippen LogP contribution in [0.25, 0.3) is 0 Å². The molecule has 0 atom stereocenters. The van der Waals surface area contributed by atoms with E-state index in [2.05, 4.69) is 23.0 Å². The van der Waals surface area contributed by atoms with E-state index in [1.54, 1.807) is 18.4 Å². The Morgan fingerprint density at radius 2 is 2.00 bits per heavy atom. The summed E-state index contributed by atoms with van der Waals surface area (Å²) in [6.45, 7) is 6.94. The van der Waals surface area contributed by atoms with Crippen LogP contribution in [0.2, 0.25) is 0 Å². The van der Waals surface area contributed by atoms with Gasteiger partial charge < -0.3 is 4.74 Å². The number of ether oxygens (including phenoxy) is 1. The Balaban J connectivity index is 1.58. The fraction of sp³-hybridized carbons (Fsp3) is 0.812. The summed E-state index contributed by atoms with van der Waals surface area (Å²) in [7, 11) is -0.220. The van der Waals surface area contributed by atoms with Gasteiger partial charge in [0.25, 0.3) is 10.2 Å². The Labute approximate surface area is 150 Å². The number of piperidine rings is 1. The van der Waals surface area contributed by atoms with Crippen molar-refractivity contribution in [3.05, 3.63) is 18.0 Å². The van der Waals surface area contributed by atoms with Gasteiger partial charge in [-0.2, -0.15) is 22.1 Å². The molecule has 0 aliphatic carbocycles. The van der Waals surface area contributed by atoms with Gasteiger partial charge in [0.2, 0.25) is 0 Å². The summed E-state index contributed by atoms with van der Waals surface area (Å²) in [5, 5.41) is 4.54. The molecule has 0 unspecified atom stereocenters. The zero-order chi connectivity index (χ0) is 18.1. The molecule has 3 rings (SSSR count). The Hall–Kier alpha value is -1.00. The third-order valence-corrected chi connectivity index (χ3v) is 7.06. The number of hydrogen-bond acceptors (Lipinski definition) is 5. The molecule has 1 spiro atoms. The number of nitrogens with zero attached hydrogens (tertiary/aromatic N) is 5. The Morgan fingerprint density at radius 3 is 2.60 bits per heavy atom. The van der Waals surface area contributed by atoms with Crippen LogP contribution >= 0.6 is 0 Å². The highest BCUT2D eigenvalue weighted by atomic mass is 32.2. The minimum absolute atomic E-state index is 0.347. The van der Waals surface area contributed by atoms with Gasteiger partial charge in [-0.3, -0.25) is 9.58 Å². The van der Waals surface area contributed by atoms with Crippen LogP contribution in [0.4, 0.5) is 0 Å². The van der Waals surface area contributed by atoms with E-state index in [9.17, 15) is 8.42 Å². The predicted octanol–water partition coefficient (Wildman–Crippen LogP) is 0.376. The molecule has 9 heteroatoms. The molecule has 1 aromatic heterocycles. The first-order valence-corrected chi connectivity index (χ1v) is 10.3. The van der Waals surface area contributed by atoms with E-state index in [1.165, 1.54) is 4.31 Å². The Kier molecular flexibility index (Phi) is 5.50. The highest BCUT2D eigenvalue weighted by Gasteiger charge is 2.43. The number of rotatable bonds is 5. The second kappa shape index (κ2) is 7.32. The zero-order valence-electron chi connectivity index (χ0n) is 15.4. The van der Waals surface area contributed by atoms with Gasteiger partial charge in [-0.05, 0) is 25.8 Å². The molecule has 2 fully saturated rings.